The van der Waals surface area contributed by atoms with Gasteiger partial charge in [0.25, 0.3) is 0 Å². The van der Waals surface area contributed by atoms with Gasteiger partial charge in [-0.05, 0) is 38.0 Å². The molecule has 1 unspecified atom stereocenters. The van der Waals surface area contributed by atoms with E-state index in [4.69, 9.17) is 4.74 Å². The van der Waals surface area contributed by atoms with E-state index in [1.807, 2.05) is 0 Å². The Balaban J connectivity index is 1.59. The second-order valence-electron chi connectivity index (χ2n) is 6.60. The van der Waals surface area contributed by atoms with Gasteiger partial charge in [-0.1, -0.05) is 39.0 Å². The Bertz CT molecular complexity index is 317. The summed E-state index contributed by atoms with van der Waals surface area (Å²) in [5, 5.41) is 13.1. The molecule has 2 fully saturated rings. The normalized spacial score (nSPS) is 21.4. The van der Waals surface area contributed by atoms with E-state index in [9.17, 15) is 5.26 Å². The summed E-state index contributed by atoms with van der Waals surface area (Å²) < 4.78 is 5.84. The van der Waals surface area contributed by atoms with Crippen molar-refractivity contribution in [1.82, 2.24) is 5.32 Å². The highest BCUT2D eigenvalue weighted by molar-refractivity contribution is 5.17. The van der Waals surface area contributed by atoms with E-state index in [1.165, 1.54) is 57.8 Å². The zero-order valence-corrected chi connectivity index (χ0v) is 13.0. The minimum Gasteiger partial charge on any atom is -0.378 e. The van der Waals surface area contributed by atoms with Crippen LogP contribution in [-0.2, 0) is 4.74 Å². The zero-order valence-electron chi connectivity index (χ0n) is 13.0. The van der Waals surface area contributed by atoms with Gasteiger partial charge in [0, 0.05) is 12.6 Å². The summed E-state index contributed by atoms with van der Waals surface area (Å²) >= 11 is 0. The van der Waals surface area contributed by atoms with E-state index in [-0.39, 0.29) is 5.54 Å². The average molecular weight is 278 g/mol. The molecule has 0 amide bonds. The number of rotatable bonds is 12. The van der Waals surface area contributed by atoms with Gasteiger partial charge >= 0.3 is 0 Å². The Morgan fingerprint density at radius 1 is 1.10 bits per heavy atom. The quantitative estimate of drug-likeness (QED) is 0.552. The van der Waals surface area contributed by atoms with Crippen LogP contribution in [0.1, 0.15) is 71.1 Å². The highest BCUT2D eigenvalue weighted by Crippen LogP contribution is 2.41. The standard InChI is InChI=1S/C17H30N2O/c1-2-3-4-5-6-7-12-20-14-17(13-18,15-8-9-15)19-16-10-11-16/h15-16,19H,2-12,14H2,1H3. The lowest BCUT2D eigenvalue weighted by atomic mass is 9.96. The Morgan fingerprint density at radius 3 is 2.40 bits per heavy atom. The summed E-state index contributed by atoms with van der Waals surface area (Å²) in [7, 11) is 0. The van der Waals surface area contributed by atoms with Gasteiger partial charge in [0.1, 0.15) is 5.54 Å². The topological polar surface area (TPSA) is 45.0 Å². The highest BCUT2D eigenvalue weighted by atomic mass is 16.5. The van der Waals surface area contributed by atoms with Gasteiger partial charge in [-0.15, -0.1) is 0 Å². The van der Waals surface area contributed by atoms with E-state index >= 15 is 0 Å². The molecule has 0 aromatic heterocycles. The van der Waals surface area contributed by atoms with Crippen LogP contribution >= 0.6 is 0 Å². The molecule has 0 saturated heterocycles. The summed E-state index contributed by atoms with van der Waals surface area (Å²) in [6.45, 7) is 3.64. The maximum atomic E-state index is 9.57. The first-order valence-corrected chi connectivity index (χ1v) is 8.57. The van der Waals surface area contributed by atoms with Crippen molar-refractivity contribution in [2.45, 2.75) is 82.7 Å². The molecule has 1 N–H and O–H groups in total. The van der Waals surface area contributed by atoms with Crippen LogP contribution in [0.3, 0.4) is 0 Å². The van der Waals surface area contributed by atoms with Gasteiger partial charge in [0.2, 0.25) is 0 Å². The van der Waals surface area contributed by atoms with Crippen molar-refractivity contribution >= 4 is 0 Å². The molecule has 2 aliphatic rings. The number of nitrogens with zero attached hydrogens (tertiary/aromatic N) is 1. The molecule has 0 bridgehead atoms. The third kappa shape index (κ3) is 5.07. The molecular formula is C17H30N2O. The molecule has 2 aliphatic carbocycles. The van der Waals surface area contributed by atoms with Crippen LogP contribution in [0.25, 0.3) is 0 Å². The maximum Gasteiger partial charge on any atom is 0.133 e. The van der Waals surface area contributed by atoms with Crippen molar-refractivity contribution in [1.29, 1.82) is 5.26 Å². The molecule has 0 aromatic carbocycles. The molecule has 2 saturated carbocycles. The lowest BCUT2D eigenvalue weighted by molar-refractivity contribution is 0.0771. The molecular weight excluding hydrogens is 248 g/mol. The van der Waals surface area contributed by atoms with Crippen LogP contribution in [0.5, 0.6) is 0 Å². The van der Waals surface area contributed by atoms with Crippen molar-refractivity contribution in [3.63, 3.8) is 0 Å². The molecule has 3 heteroatoms. The van der Waals surface area contributed by atoms with Crippen molar-refractivity contribution in [3.8, 4) is 6.07 Å². The summed E-state index contributed by atoms with van der Waals surface area (Å²) in [6.07, 6.45) is 12.6. The summed E-state index contributed by atoms with van der Waals surface area (Å²) in [5.41, 5.74) is -0.386. The van der Waals surface area contributed by atoms with Crippen molar-refractivity contribution in [2.75, 3.05) is 13.2 Å². The minimum atomic E-state index is -0.386. The molecule has 0 spiro atoms. The zero-order chi connectivity index (χ0) is 14.3. The molecule has 0 heterocycles. The third-order valence-electron chi connectivity index (χ3n) is 4.48. The number of hydrogen-bond donors (Lipinski definition) is 1. The first kappa shape index (κ1) is 15.8. The SMILES string of the molecule is CCCCCCCCOCC(C#N)(NC1CC1)C1CC1. The Labute approximate surface area is 124 Å². The van der Waals surface area contributed by atoms with Crippen LogP contribution in [-0.4, -0.2) is 24.8 Å². The van der Waals surface area contributed by atoms with Crippen LogP contribution < -0.4 is 5.32 Å². The monoisotopic (exact) mass is 278 g/mol. The second-order valence-corrected chi connectivity index (χ2v) is 6.60. The Morgan fingerprint density at radius 2 is 1.80 bits per heavy atom. The number of nitrogens with one attached hydrogen (secondary N) is 1. The minimum absolute atomic E-state index is 0.386. The highest BCUT2D eigenvalue weighted by Gasteiger charge is 2.48. The van der Waals surface area contributed by atoms with Gasteiger partial charge in [-0.25, -0.2) is 0 Å². The maximum absolute atomic E-state index is 9.57. The van der Waals surface area contributed by atoms with Crippen LogP contribution in [0.4, 0.5) is 0 Å². The van der Waals surface area contributed by atoms with E-state index in [0.717, 1.165) is 13.0 Å². The van der Waals surface area contributed by atoms with Crippen LogP contribution in [0.2, 0.25) is 0 Å². The van der Waals surface area contributed by atoms with Crippen molar-refractivity contribution in [2.24, 2.45) is 5.92 Å². The first-order valence-electron chi connectivity index (χ1n) is 8.57. The molecule has 1 atom stereocenters. The lowest BCUT2D eigenvalue weighted by Crippen LogP contribution is -2.51. The fraction of sp³-hybridized carbons (Fsp3) is 0.941. The first-order chi connectivity index (χ1) is 9.80. The van der Waals surface area contributed by atoms with Gasteiger partial charge in [0.15, 0.2) is 0 Å². The Kier molecular flexibility index (Phi) is 6.32. The third-order valence-corrected chi connectivity index (χ3v) is 4.48. The Hall–Kier alpha value is -0.590. The van der Waals surface area contributed by atoms with Crippen LogP contribution in [0, 0.1) is 17.2 Å². The number of nitriles is 1. The van der Waals surface area contributed by atoms with Gasteiger partial charge in [-0.3, -0.25) is 5.32 Å². The van der Waals surface area contributed by atoms with E-state index in [0.29, 0.717) is 18.6 Å². The van der Waals surface area contributed by atoms with Crippen LogP contribution in [0.15, 0.2) is 0 Å². The lowest BCUT2D eigenvalue weighted by Gasteiger charge is -2.28. The number of hydrogen-bond acceptors (Lipinski definition) is 3. The fourth-order valence-electron chi connectivity index (χ4n) is 2.82. The van der Waals surface area contributed by atoms with Crippen molar-refractivity contribution < 1.29 is 4.74 Å². The second kappa shape index (κ2) is 8.00. The fourth-order valence-corrected chi connectivity index (χ4v) is 2.82. The molecule has 0 aliphatic heterocycles. The smallest absolute Gasteiger partial charge is 0.133 e. The largest absolute Gasteiger partial charge is 0.378 e. The van der Waals surface area contributed by atoms with Crippen molar-refractivity contribution in [3.05, 3.63) is 0 Å². The average Bonchev–Trinajstić information content (AvgIpc) is 3.33. The molecule has 0 radical (unpaired) electrons. The number of unbranched alkanes of at least 4 members (excludes halogenated alkanes) is 5. The van der Waals surface area contributed by atoms with E-state index in [1.54, 1.807) is 0 Å². The summed E-state index contributed by atoms with van der Waals surface area (Å²) in [6, 6.07) is 3.11. The summed E-state index contributed by atoms with van der Waals surface area (Å²) in [4.78, 5) is 0. The molecule has 20 heavy (non-hydrogen) atoms. The predicted molar refractivity (Wildman–Crippen MR) is 81.4 cm³/mol. The number of ether oxygens (including phenoxy) is 1. The van der Waals surface area contributed by atoms with Gasteiger partial charge < -0.3 is 4.74 Å². The van der Waals surface area contributed by atoms with Gasteiger partial charge in [-0.2, -0.15) is 5.26 Å². The van der Waals surface area contributed by atoms with E-state index < -0.39 is 0 Å². The summed E-state index contributed by atoms with van der Waals surface area (Å²) in [5.74, 6) is 0.526. The molecule has 3 nitrogen and oxygen atoms in total. The molecule has 2 rings (SSSR count). The predicted octanol–water partition coefficient (Wildman–Crippen LogP) is 3.79. The molecule has 114 valence electrons. The van der Waals surface area contributed by atoms with E-state index in [2.05, 4.69) is 18.3 Å². The van der Waals surface area contributed by atoms with Gasteiger partial charge in [0.05, 0.1) is 12.7 Å². The molecule has 0 aromatic rings.